The van der Waals surface area contributed by atoms with Crippen molar-refractivity contribution in [1.29, 1.82) is 0 Å². The molecule has 2 fully saturated rings. The second-order valence-corrected chi connectivity index (χ2v) is 8.04. The first-order chi connectivity index (χ1) is 14.3. The monoisotopic (exact) mass is 529 g/mol. The zero-order valence-electron chi connectivity index (χ0n) is 18.6. The molecule has 0 spiro atoms. The van der Waals surface area contributed by atoms with Crippen molar-refractivity contribution in [3.63, 3.8) is 0 Å². The summed E-state index contributed by atoms with van der Waals surface area (Å²) in [6.07, 6.45) is 5.42. The summed E-state index contributed by atoms with van der Waals surface area (Å²) < 4.78 is 5.42. The van der Waals surface area contributed by atoms with Crippen LogP contribution in [0.2, 0.25) is 0 Å². The van der Waals surface area contributed by atoms with Gasteiger partial charge in [-0.25, -0.2) is 4.99 Å². The summed E-state index contributed by atoms with van der Waals surface area (Å²) in [5.74, 6) is 0.908. The Hall–Kier alpha value is -0.900. The average Bonchev–Trinajstić information content (AvgIpc) is 3.02. The molecule has 0 saturated carbocycles. The maximum absolute atomic E-state index is 5.42. The summed E-state index contributed by atoms with van der Waals surface area (Å²) in [4.78, 5) is 9.92. The van der Waals surface area contributed by atoms with Gasteiger partial charge in [-0.05, 0) is 44.0 Å². The van der Waals surface area contributed by atoms with E-state index in [-0.39, 0.29) is 24.0 Å². The molecule has 0 radical (unpaired) electrons. The number of guanidine groups is 1. The number of nitrogens with zero attached hydrogens (tertiary/aromatic N) is 3. The van der Waals surface area contributed by atoms with Gasteiger partial charge in [0.25, 0.3) is 0 Å². The third-order valence-electron chi connectivity index (χ3n) is 5.79. The van der Waals surface area contributed by atoms with Crippen molar-refractivity contribution in [2.45, 2.75) is 45.7 Å². The number of hydrogen-bond donors (Lipinski definition) is 2. The number of aliphatic imine (C=N–C) groups is 1. The minimum absolute atomic E-state index is 0. The molecule has 6 nitrogen and oxygen atoms in total. The molecule has 7 heteroatoms. The minimum Gasteiger partial charge on any atom is -0.379 e. The molecular formula is C23H40IN5O. The van der Waals surface area contributed by atoms with Gasteiger partial charge in [0.2, 0.25) is 0 Å². The molecule has 0 aromatic heterocycles. The van der Waals surface area contributed by atoms with E-state index in [1.54, 1.807) is 0 Å². The number of ether oxygens (including phenoxy) is 1. The number of nitrogens with one attached hydrogen (secondary N) is 2. The van der Waals surface area contributed by atoms with Crippen LogP contribution in [0.25, 0.3) is 0 Å². The highest BCUT2D eigenvalue weighted by molar-refractivity contribution is 14.0. The van der Waals surface area contributed by atoms with Crippen LogP contribution in [0.3, 0.4) is 0 Å². The summed E-state index contributed by atoms with van der Waals surface area (Å²) in [5.41, 5.74) is 2.75. The Kier molecular flexibility index (Phi) is 12.7. The first-order valence-electron chi connectivity index (χ1n) is 11.5. The second-order valence-electron chi connectivity index (χ2n) is 8.04. The fraction of sp³-hybridized carbons (Fsp3) is 0.696. The van der Waals surface area contributed by atoms with Gasteiger partial charge in [0, 0.05) is 39.3 Å². The van der Waals surface area contributed by atoms with Crippen LogP contribution in [0, 0.1) is 0 Å². The van der Waals surface area contributed by atoms with Crippen molar-refractivity contribution in [2.24, 2.45) is 4.99 Å². The number of benzene rings is 1. The Morgan fingerprint density at radius 3 is 2.33 bits per heavy atom. The van der Waals surface area contributed by atoms with Gasteiger partial charge in [-0.3, -0.25) is 9.80 Å². The predicted octanol–water partition coefficient (Wildman–Crippen LogP) is 3.07. The van der Waals surface area contributed by atoms with Crippen molar-refractivity contribution in [3.8, 4) is 0 Å². The van der Waals surface area contributed by atoms with Gasteiger partial charge in [0.15, 0.2) is 5.96 Å². The molecular weight excluding hydrogens is 489 g/mol. The van der Waals surface area contributed by atoms with Crippen LogP contribution in [0.4, 0.5) is 0 Å². The van der Waals surface area contributed by atoms with Gasteiger partial charge in [-0.15, -0.1) is 24.0 Å². The van der Waals surface area contributed by atoms with Crippen LogP contribution in [0.5, 0.6) is 0 Å². The highest BCUT2D eigenvalue weighted by Gasteiger charge is 2.12. The van der Waals surface area contributed by atoms with Crippen molar-refractivity contribution < 1.29 is 4.74 Å². The Labute approximate surface area is 199 Å². The molecule has 0 unspecified atom stereocenters. The average molecular weight is 530 g/mol. The molecule has 0 atom stereocenters. The third-order valence-corrected chi connectivity index (χ3v) is 5.79. The summed E-state index contributed by atoms with van der Waals surface area (Å²) in [5, 5.41) is 6.88. The predicted molar refractivity (Wildman–Crippen MR) is 136 cm³/mol. The van der Waals surface area contributed by atoms with Gasteiger partial charge in [-0.1, -0.05) is 37.1 Å². The second kappa shape index (κ2) is 15.0. The molecule has 2 heterocycles. The van der Waals surface area contributed by atoms with E-state index in [0.717, 1.165) is 65.0 Å². The van der Waals surface area contributed by atoms with Crippen LogP contribution in [0.1, 0.15) is 43.7 Å². The van der Waals surface area contributed by atoms with Gasteiger partial charge in [0.1, 0.15) is 0 Å². The molecule has 2 aliphatic rings. The molecule has 0 amide bonds. The van der Waals surface area contributed by atoms with E-state index in [1.165, 1.54) is 49.9 Å². The normalized spacial score (nSPS) is 19.0. The van der Waals surface area contributed by atoms with Crippen LogP contribution >= 0.6 is 24.0 Å². The van der Waals surface area contributed by atoms with Gasteiger partial charge >= 0.3 is 0 Å². The topological polar surface area (TPSA) is 52.1 Å². The minimum atomic E-state index is 0. The van der Waals surface area contributed by atoms with Gasteiger partial charge in [0.05, 0.1) is 19.8 Å². The van der Waals surface area contributed by atoms with Crippen LogP contribution in [-0.2, 0) is 17.8 Å². The number of morpholine rings is 1. The van der Waals surface area contributed by atoms with Crippen molar-refractivity contribution in [2.75, 3.05) is 59.0 Å². The fourth-order valence-electron chi connectivity index (χ4n) is 4.06. The van der Waals surface area contributed by atoms with E-state index in [2.05, 4.69) is 51.6 Å². The van der Waals surface area contributed by atoms with Crippen molar-refractivity contribution in [3.05, 3.63) is 35.4 Å². The van der Waals surface area contributed by atoms with Crippen LogP contribution < -0.4 is 10.6 Å². The van der Waals surface area contributed by atoms with Gasteiger partial charge in [-0.2, -0.15) is 0 Å². The molecule has 30 heavy (non-hydrogen) atoms. The number of halogens is 1. The molecule has 2 aliphatic heterocycles. The standard InChI is InChI=1S/C23H39N5O.HI/c1-2-24-23(25-11-14-27-15-17-29-18-16-27)26-19-21-9-5-6-10-22(21)20-28-12-7-3-4-8-13-28;/h5-6,9-10H,2-4,7-8,11-20H2,1H3,(H2,24,25,26);1H. The maximum atomic E-state index is 5.42. The van der Waals surface area contributed by atoms with E-state index in [0.29, 0.717) is 0 Å². The Bertz CT molecular complexity index is 613. The van der Waals surface area contributed by atoms with E-state index >= 15 is 0 Å². The molecule has 0 bridgehead atoms. The van der Waals surface area contributed by atoms with E-state index in [9.17, 15) is 0 Å². The van der Waals surface area contributed by atoms with Crippen LogP contribution in [0.15, 0.2) is 29.3 Å². The molecule has 170 valence electrons. The Morgan fingerprint density at radius 1 is 0.933 bits per heavy atom. The number of hydrogen-bond acceptors (Lipinski definition) is 4. The number of rotatable bonds is 8. The molecule has 2 saturated heterocycles. The van der Waals surface area contributed by atoms with E-state index in [4.69, 9.17) is 9.73 Å². The highest BCUT2D eigenvalue weighted by Crippen LogP contribution is 2.16. The molecule has 2 N–H and O–H groups in total. The lowest BCUT2D eigenvalue weighted by Gasteiger charge is -2.26. The molecule has 1 aromatic carbocycles. The first-order valence-corrected chi connectivity index (χ1v) is 11.5. The highest BCUT2D eigenvalue weighted by atomic mass is 127. The molecule has 1 aromatic rings. The van der Waals surface area contributed by atoms with Gasteiger partial charge < -0.3 is 15.4 Å². The van der Waals surface area contributed by atoms with Crippen molar-refractivity contribution >= 4 is 29.9 Å². The zero-order valence-corrected chi connectivity index (χ0v) is 20.9. The quantitative estimate of drug-likeness (QED) is 0.308. The summed E-state index contributed by atoms with van der Waals surface area (Å²) >= 11 is 0. The lowest BCUT2D eigenvalue weighted by Crippen LogP contribution is -2.44. The van der Waals surface area contributed by atoms with Crippen LogP contribution in [-0.4, -0.2) is 74.8 Å². The summed E-state index contributed by atoms with van der Waals surface area (Å²) in [6, 6.07) is 8.80. The maximum Gasteiger partial charge on any atom is 0.191 e. The molecule has 3 rings (SSSR count). The zero-order chi connectivity index (χ0) is 20.2. The lowest BCUT2D eigenvalue weighted by molar-refractivity contribution is 0.0389. The smallest absolute Gasteiger partial charge is 0.191 e. The summed E-state index contributed by atoms with van der Waals surface area (Å²) in [7, 11) is 0. The first kappa shape index (κ1) is 25.4. The number of likely N-dealkylation sites (tertiary alicyclic amines) is 1. The van der Waals surface area contributed by atoms with E-state index < -0.39 is 0 Å². The largest absolute Gasteiger partial charge is 0.379 e. The van der Waals surface area contributed by atoms with E-state index in [1.807, 2.05) is 0 Å². The Morgan fingerprint density at radius 2 is 1.63 bits per heavy atom. The van der Waals surface area contributed by atoms with Crippen molar-refractivity contribution in [1.82, 2.24) is 20.4 Å². The summed E-state index contributed by atoms with van der Waals surface area (Å²) in [6.45, 7) is 12.9. The lowest BCUT2D eigenvalue weighted by atomic mass is 10.1. The third kappa shape index (κ3) is 9.08. The Balaban J connectivity index is 0.00000320. The fourth-order valence-corrected chi connectivity index (χ4v) is 4.06. The SMILES string of the molecule is CCNC(=NCc1ccccc1CN1CCCCCC1)NCCN1CCOCC1.I. The molecule has 0 aliphatic carbocycles.